The summed E-state index contributed by atoms with van der Waals surface area (Å²) in [6.45, 7) is 0. The third-order valence-electron chi connectivity index (χ3n) is 3.01. The highest BCUT2D eigenvalue weighted by molar-refractivity contribution is 7.93. The van der Waals surface area contributed by atoms with Gasteiger partial charge in [-0.15, -0.1) is 11.3 Å². The van der Waals surface area contributed by atoms with E-state index in [4.69, 9.17) is 4.84 Å². The van der Waals surface area contributed by atoms with Crippen molar-refractivity contribution in [1.82, 2.24) is 4.98 Å². The molecule has 5 nitrogen and oxygen atoms in total. The molecule has 0 saturated carbocycles. The average Bonchev–Trinajstić information content (AvgIpc) is 3.09. The molecule has 0 spiro atoms. The standard InChI is InChI=1S/C15H13F3N2O3S2/c1-23-20-13(10-5-3-2-4-6-10)12-9-19-15(24-12)25(21,22)8-7-11(16)14(17)18/h2-6,9H,7-8H2,1H3. The van der Waals surface area contributed by atoms with E-state index in [1.54, 1.807) is 24.3 Å². The third-order valence-corrected chi connectivity index (χ3v) is 6.20. The Kier molecular flexibility index (Phi) is 6.32. The van der Waals surface area contributed by atoms with Crippen LogP contribution >= 0.6 is 11.3 Å². The lowest BCUT2D eigenvalue weighted by Crippen LogP contribution is -2.06. The van der Waals surface area contributed by atoms with Gasteiger partial charge >= 0.3 is 6.08 Å². The highest BCUT2D eigenvalue weighted by atomic mass is 32.2. The minimum atomic E-state index is -3.99. The van der Waals surface area contributed by atoms with Crippen LogP contribution in [0.5, 0.6) is 0 Å². The van der Waals surface area contributed by atoms with Gasteiger partial charge in [-0.25, -0.2) is 17.8 Å². The number of rotatable bonds is 7. The maximum atomic E-state index is 12.8. The van der Waals surface area contributed by atoms with Crippen LogP contribution in [-0.4, -0.2) is 32.0 Å². The molecule has 0 aliphatic carbocycles. The van der Waals surface area contributed by atoms with Crippen LogP contribution in [0.1, 0.15) is 16.9 Å². The molecular weight excluding hydrogens is 377 g/mol. The monoisotopic (exact) mass is 390 g/mol. The molecule has 0 aliphatic rings. The fourth-order valence-electron chi connectivity index (χ4n) is 1.84. The van der Waals surface area contributed by atoms with Crippen LogP contribution in [0.3, 0.4) is 0 Å². The molecule has 10 heteroatoms. The number of oxime groups is 1. The van der Waals surface area contributed by atoms with Gasteiger partial charge in [-0.1, -0.05) is 35.5 Å². The summed E-state index contributed by atoms with van der Waals surface area (Å²) >= 11 is 0.807. The van der Waals surface area contributed by atoms with E-state index in [-0.39, 0.29) is 4.34 Å². The van der Waals surface area contributed by atoms with E-state index >= 15 is 0 Å². The minimum Gasteiger partial charge on any atom is -0.399 e. The molecule has 0 N–H and O–H groups in total. The number of thiazole rings is 1. The molecule has 0 bridgehead atoms. The second-order valence-electron chi connectivity index (χ2n) is 4.71. The van der Waals surface area contributed by atoms with E-state index in [0.717, 1.165) is 11.3 Å². The van der Waals surface area contributed by atoms with E-state index in [0.29, 0.717) is 16.2 Å². The van der Waals surface area contributed by atoms with Crippen molar-refractivity contribution >= 4 is 26.9 Å². The highest BCUT2D eigenvalue weighted by Gasteiger charge is 2.22. The fraction of sp³-hybridized carbons (Fsp3) is 0.200. The number of benzene rings is 1. The van der Waals surface area contributed by atoms with Crippen LogP contribution < -0.4 is 0 Å². The van der Waals surface area contributed by atoms with Gasteiger partial charge in [-0.3, -0.25) is 0 Å². The van der Waals surface area contributed by atoms with Crippen molar-refractivity contribution in [3.63, 3.8) is 0 Å². The molecule has 0 saturated heterocycles. The van der Waals surface area contributed by atoms with E-state index in [2.05, 4.69) is 10.1 Å². The second-order valence-corrected chi connectivity index (χ2v) is 8.03. The molecule has 0 radical (unpaired) electrons. The first-order valence-electron chi connectivity index (χ1n) is 6.90. The SMILES string of the molecule is CON=C(c1ccccc1)c1cnc(S(=O)(=O)CCC(F)=C(F)F)s1. The van der Waals surface area contributed by atoms with E-state index in [9.17, 15) is 21.6 Å². The zero-order valence-corrected chi connectivity index (χ0v) is 14.6. The first kappa shape index (κ1) is 19.1. The Hall–Kier alpha value is -2.20. The van der Waals surface area contributed by atoms with Gasteiger partial charge in [-0.05, 0) is 0 Å². The molecule has 1 aromatic carbocycles. The van der Waals surface area contributed by atoms with Gasteiger partial charge in [0.2, 0.25) is 14.2 Å². The minimum absolute atomic E-state index is 0.297. The van der Waals surface area contributed by atoms with Gasteiger partial charge < -0.3 is 4.84 Å². The lowest BCUT2D eigenvalue weighted by atomic mass is 10.1. The van der Waals surface area contributed by atoms with Crippen LogP contribution in [0, 0.1) is 0 Å². The highest BCUT2D eigenvalue weighted by Crippen LogP contribution is 2.24. The van der Waals surface area contributed by atoms with Gasteiger partial charge in [0.05, 0.1) is 10.6 Å². The molecule has 0 amide bonds. The van der Waals surface area contributed by atoms with Gasteiger partial charge in [0.15, 0.2) is 5.83 Å². The first-order chi connectivity index (χ1) is 11.8. The van der Waals surface area contributed by atoms with Crippen LogP contribution in [0.25, 0.3) is 0 Å². The lowest BCUT2D eigenvalue weighted by molar-refractivity contribution is 0.214. The van der Waals surface area contributed by atoms with Crippen molar-refractivity contribution < 1.29 is 26.4 Å². The zero-order valence-electron chi connectivity index (χ0n) is 12.9. The molecule has 25 heavy (non-hydrogen) atoms. The summed E-state index contributed by atoms with van der Waals surface area (Å²) in [4.78, 5) is 9.01. The normalized spacial score (nSPS) is 12.1. The molecule has 2 aromatic rings. The topological polar surface area (TPSA) is 68.6 Å². The fourth-order valence-corrected chi connectivity index (χ4v) is 4.36. The maximum absolute atomic E-state index is 12.8. The van der Waals surface area contributed by atoms with Crippen LogP contribution in [0.15, 0.2) is 57.9 Å². The van der Waals surface area contributed by atoms with Gasteiger partial charge in [0.25, 0.3) is 0 Å². The van der Waals surface area contributed by atoms with E-state index < -0.39 is 33.9 Å². The van der Waals surface area contributed by atoms with Gasteiger partial charge in [0, 0.05) is 18.2 Å². The number of halogens is 3. The van der Waals surface area contributed by atoms with Gasteiger partial charge in [-0.2, -0.15) is 8.78 Å². The Morgan fingerprint density at radius 1 is 1.24 bits per heavy atom. The molecule has 0 fully saturated rings. The lowest BCUT2D eigenvalue weighted by Gasteiger charge is -2.02. The molecule has 0 atom stereocenters. The summed E-state index contributed by atoms with van der Waals surface area (Å²) in [6, 6.07) is 8.88. The van der Waals surface area contributed by atoms with Crippen LogP contribution in [0.2, 0.25) is 0 Å². The van der Waals surface area contributed by atoms with Crippen molar-refractivity contribution in [2.75, 3.05) is 12.9 Å². The number of sulfone groups is 1. The smallest absolute Gasteiger partial charge is 0.301 e. The molecule has 0 unspecified atom stereocenters. The Morgan fingerprint density at radius 2 is 1.92 bits per heavy atom. The van der Waals surface area contributed by atoms with Gasteiger partial charge in [0.1, 0.15) is 12.8 Å². The van der Waals surface area contributed by atoms with Crippen molar-refractivity contribution in [1.29, 1.82) is 0 Å². The Bertz CT molecular complexity index is 890. The number of hydrogen-bond donors (Lipinski definition) is 0. The molecule has 0 aliphatic heterocycles. The second kappa shape index (κ2) is 8.26. The summed E-state index contributed by atoms with van der Waals surface area (Å²) in [7, 11) is -2.65. The van der Waals surface area contributed by atoms with Crippen molar-refractivity contribution in [2.24, 2.45) is 5.16 Å². The molecule has 1 aromatic heterocycles. The third kappa shape index (κ3) is 4.89. The summed E-state index contributed by atoms with van der Waals surface area (Å²) in [6.07, 6.45) is -2.13. The number of nitrogens with zero attached hydrogens (tertiary/aromatic N) is 2. The van der Waals surface area contributed by atoms with E-state index in [1.807, 2.05) is 6.07 Å². The largest absolute Gasteiger partial charge is 0.399 e. The summed E-state index contributed by atoms with van der Waals surface area (Å²) in [5.41, 5.74) is 1.06. The Labute approximate surface area is 146 Å². The molecular formula is C15H13F3N2O3S2. The van der Waals surface area contributed by atoms with Crippen molar-refractivity contribution in [3.05, 3.63) is 58.9 Å². The maximum Gasteiger partial charge on any atom is 0.301 e. The number of hydrogen-bond acceptors (Lipinski definition) is 6. The van der Waals surface area contributed by atoms with Crippen molar-refractivity contribution in [2.45, 2.75) is 10.8 Å². The first-order valence-corrected chi connectivity index (χ1v) is 9.37. The zero-order chi connectivity index (χ0) is 18.4. The summed E-state index contributed by atoms with van der Waals surface area (Å²) in [5, 5.41) is 3.88. The quantitative estimate of drug-likeness (QED) is 0.533. The van der Waals surface area contributed by atoms with Crippen molar-refractivity contribution in [3.8, 4) is 0 Å². The number of aromatic nitrogens is 1. The van der Waals surface area contributed by atoms with Crippen LogP contribution in [-0.2, 0) is 14.7 Å². The predicted molar refractivity (Wildman–Crippen MR) is 88.2 cm³/mol. The predicted octanol–water partition coefficient (Wildman–Crippen LogP) is 3.78. The Morgan fingerprint density at radius 3 is 2.52 bits per heavy atom. The Balaban J connectivity index is 2.29. The molecule has 134 valence electrons. The average molecular weight is 390 g/mol. The van der Waals surface area contributed by atoms with Crippen LogP contribution in [0.4, 0.5) is 13.2 Å². The molecule has 2 rings (SSSR count). The van der Waals surface area contributed by atoms with E-state index in [1.165, 1.54) is 13.3 Å². The summed E-state index contributed by atoms with van der Waals surface area (Å²) < 4.78 is 60.9. The summed E-state index contributed by atoms with van der Waals surface area (Å²) in [5.74, 6) is -2.54. The molecule has 1 heterocycles. The number of allylic oxidation sites excluding steroid dienone is 1.